The number of aliphatic hydroxyl groups is 3. The summed E-state index contributed by atoms with van der Waals surface area (Å²) in [5, 5.41) is 37.8. The average Bonchev–Trinajstić information content (AvgIpc) is 2.94. The van der Waals surface area contributed by atoms with Crippen LogP contribution >= 0.6 is 0 Å². The van der Waals surface area contributed by atoms with E-state index in [9.17, 15) is 20.1 Å². The summed E-state index contributed by atoms with van der Waals surface area (Å²) in [5.74, 6) is -0.528. The predicted octanol–water partition coefficient (Wildman–Crippen LogP) is 2.49. The van der Waals surface area contributed by atoms with Crippen LogP contribution in [0.1, 0.15) is 56.9 Å². The highest BCUT2D eigenvalue weighted by atomic mass is 16.4. The number of aryl methyl sites for hydroxylation is 1. The van der Waals surface area contributed by atoms with Crippen molar-refractivity contribution in [2.24, 2.45) is 11.8 Å². The first-order chi connectivity index (χ1) is 13.5. The average molecular weight is 392 g/mol. The van der Waals surface area contributed by atoms with Gasteiger partial charge in [-0.05, 0) is 68.8 Å². The molecule has 5 nitrogen and oxygen atoms in total. The molecule has 0 unspecified atom stereocenters. The summed E-state index contributed by atoms with van der Waals surface area (Å²) in [6, 6.07) is 10.1. The Balaban J connectivity index is 1.74. The number of aliphatic hydroxyl groups excluding tert-OH is 3. The molecule has 28 heavy (non-hydrogen) atoms. The lowest BCUT2D eigenvalue weighted by molar-refractivity contribution is -0.137. The zero-order valence-electron chi connectivity index (χ0n) is 16.5. The Labute approximate surface area is 167 Å². The molecule has 0 radical (unpaired) electrons. The monoisotopic (exact) mass is 391 g/mol. The van der Waals surface area contributed by atoms with Crippen molar-refractivity contribution >= 4 is 5.97 Å². The minimum absolute atomic E-state index is 0.000782. The summed E-state index contributed by atoms with van der Waals surface area (Å²) >= 11 is 0. The maximum atomic E-state index is 10.6. The van der Waals surface area contributed by atoms with Crippen LogP contribution in [0.2, 0.25) is 0 Å². The van der Waals surface area contributed by atoms with Crippen LogP contribution in [0, 0.1) is 11.8 Å². The largest absolute Gasteiger partial charge is 0.565 e. The number of carbonyl (C=O) groups is 1. The molecule has 5 heteroatoms. The fourth-order valence-corrected chi connectivity index (χ4v) is 4.16. The molecule has 1 saturated carbocycles. The molecule has 5 N–H and O–H groups in total. The van der Waals surface area contributed by atoms with E-state index in [2.05, 4.69) is 12.1 Å². The van der Waals surface area contributed by atoms with Crippen LogP contribution in [-0.2, 0) is 11.2 Å². The molecule has 1 fully saturated rings. The van der Waals surface area contributed by atoms with Crippen LogP contribution in [0.4, 0.5) is 0 Å². The SMILES string of the molecule is O=C([OH2+])CCC/C=C\C[C@@H]1[C@@H](CC[C@@H](O)CCc2ccccc2)[C@H](O)C[C@@H]1O. The van der Waals surface area contributed by atoms with Crippen molar-refractivity contribution in [3.05, 3.63) is 48.0 Å². The minimum Gasteiger partial charge on any atom is -0.565 e. The van der Waals surface area contributed by atoms with Gasteiger partial charge < -0.3 is 20.4 Å². The van der Waals surface area contributed by atoms with Gasteiger partial charge >= 0.3 is 5.97 Å². The van der Waals surface area contributed by atoms with E-state index in [1.807, 2.05) is 30.4 Å². The second-order valence-corrected chi connectivity index (χ2v) is 7.98. The van der Waals surface area contributed by atoms with Gasteiger partial charge in [-0.2, -0.15) is 0 Å². The Morgan fingerprint density at radius 2 is 1.82 bits per heavy atom. The molecule has 0 aromatic heterocycles. The summed E-state index contributed by atoms with van der Waals surface area (Å²) in [7, 11) is 0. The van der Waals surface area contributed by atoms with Crippen molar-refractivity contribution in [1.82, 2.24) is 0 Å². The highest BCUT2D eigenvalue weighted by Crippen LogP contribution is 2.38. The van der Waals surface area contributed by atoms with E-state index in [1.54, 1.807) is 0 Å². The van der Waals surface area contributed by atoms with Gasteiger partial charge in [0.15, 0.2) is 0 Å². The van der Waals surface area contributed by atoms with Crippen LogP contribution in [-0.4, -0.2) is 44.7 Å². The fourth-order valence-electron chi connectivity index (χ4n) is 4.16. The number of hydrogen-bond donors (Lipinski definition) is 3. The van der Waals surface area contributed by atoms with E-state index >= 15 is 0 Å². The van der Waals surface area contributed by atoms with Gasteiger partial charge in [-0.3, -0.25) is 0 Å². The first-order valence-corrected chi connectivity index (χ1v) is 10.4. The van der Waals surface area contributed by atoms with E-state index < -0.39 is 24.3 Å². The molecule has 156 valence electrons. The fraction of sp³-hybridized carbons (Fsp3) is 0.609. The zero-order chi connectivity index (χ0) is 20.4. The lowest BCUT2D eigenvalue weighted by atomic mass is 9.85. The van der Waals surface area contributed by atoms with Crippen molar-refractivity contribution in [1.29, 1.82) is 0 Å². The second-order valence-electron chi connectivity index (χ2n) is 7.98. The smallest absolute Gasteiger partial charge is 0.515 e. The first kappa shape index (κ1) is 22.6. The maximum absolute atomic E-state index is 10.6. The highest BCUT2D eigenvalue weighted by molar-refractivity contribution is 5.66. The van der Waals surface area contributed by atoms with Gasteiger partial charge in [-0.1, -0.05) is 42.5 Å². The molecule has 0 saturated heterocycles. The molecule has 1 aliphatic carbocycles. The van der Waals surface area contributed by atoms with Crippen molar-refractivity contribution in [3.63, 3.8) is 0 Å². The Morgan fingerprint density at radius 1 is 1.11 bits per heavy atom. The summed E-state index contributed by atoms with van der Waals surface area (Å²) in [6.45, 7) is 0. The van der Waals surface area contributed by atoms with Crippen molar-refractivity contribution in [2.75, 3.05) is 0 Å². The second kappa shape index (κ2) is 12.0. The molecule has 1 aliphatic rings. The molecular weight excluding hydrogens is 356 g/mol. The summed E-state index contributed by atoms with van der Waals surface area (Å²) in [5.41, 5.74) is 1.22. The van der Waals surface area contributed by atoms with Gasteiger partial charge in [0.2, 0.25) is 0 Å². The molecular formula is C23H35O5+. The molecule has 0 aliphatic heterocycles. The molecule has 0 amide bonds. The number of carbonyl (C=O) groups excluding carboxylic acids is 1. The van der Waals surface area contributed by atoms with Crippen molar-refractivity contribution in [2.45, 2.75) is 76.1 Å². The quantitative estimate of drug-likeness (QED) is 0.289. The van der Waals surface area contributed by atoms with Gasteiger partial charge in [0.25, 0.3) is 0 Å². The van der Waals surface area contributed by atoms with E-state index in [4.69, 9.17) is 5.11 Å². The number of rotatable bonds is 12. The van der Waals surface area contributed by atoms with E-state index in [-0.39, 0.29) is 18.3 Å². The Kier molecular flexibility index (Phi) is 9.68. The number of allylic oxidation sites excluding steroid dienone is 2. The molecule has 2 rings (SSSR count). The van der Waals surface area contributed by atoms with Gasteiger partial charge in [0, 0.05) is 4.79 Å². The zero-order valence-corrected chi connectivity index (χ0v) is 16.5. The van der Waals surface area contributed by atoms with Crippen LogP contribution < -0.4 is 0 Å². The highest BCUT2D eigenvalue weighted by Gasteiger charge is 2.40. The normalized spacial score (nSPS) is 26.0. The van der Waals surface area contributed by atoms with Gasteiger partial charge in [-0.15, -0.1) is 0 Å². The third-order valence-electron chi connectivity index (χ3n) is 5.81. The lowest BCUT2D eigenvalue weighted by Gasteiger charge is -2.23. The Hall–Kier alpha value is -1.69. The minimum atomic E-state index is -0.534. The maximum Gasteiger partial charge on any atom is 0.515 e. The molecule has 1 aromatic carbocycles. The van der Waals surface area contributed by atoms with Gasteiger partial charge in [0.1, 0.15) is 6.42 Å². The predicted molar refractivity (Wildman–Crippen MR) is 110 cm³/mol. The number of benzene rings is 1. The van der Waals surface area contributed by atoms with Gasteiger partial charge in [-0.25, -0.2) is 0 Å². The lowest BCUT2D eigenvalue weighted by Crippen LogP contribution is -2.23. The van der Waals surface area contributed by atoms with E-state index in [0.29, 0.717) is 38.5 Å². The summed E-state index contributed by atoms with van der Waals surface area (Å²) < 4.78 is 0. The number of hydrogen-bond acceptors (Lipinski definition) is 4. The van der Waals surface area contributed by atoms with E-state index in [1.165, 1.54) is 5.56 Å². The Morgan fingerprint density at radius 3 is 2.54 bits per heavy atom. The molecule has 0 spiro atoms. The topological polar surface area (TPSA) is 101 Å². The molecule has 0 bridgehead atoms. The Bertz CT molecular complexity index is 600. The van der Waals surface area contributed by atoms with Gasteiger partial charge in [0.05, 0.1) is 18.3 Å². The van der Waals surface area contributed by atoms with Crippen molar-refractivity contribution in [3.8, 4) is 0 Å². The summed E-state index contributed by atoms with van der Waals surface area (Å²) in [4.78, 5) is 10.6. The van der Waals surface area contributed by atoms with Crippen LogP contribution in [0.15, 0.2) is 42.5 Å². The summed E-state index contributed by atoms with van der Waals surface area (Å²) in [6.07, 6.45) is 8.25. The number of unbranched alkanes of at least 4 members (excludes halogenated alkanes) is 1. The van der Waals surface area contributed by atoms with Crippen LogP contribution in [0.5, 0.6) is 0 Å². The van der Waals surface area contributed by atoms with Crippen molar-refractivity contribution < 1.29 is 25.2 Å². The molecule has 0 heterocycles. The first-order valence-electron chi connectivity index (χ1n) is 10.4. The van der Waals surface area contributed by atoms with Crippen LogP contribution in [0.3, 0.4) is 0 Å². The third-order valence-corrected chi connectivity index (χ3v) is 5.81. The third kappa shape index (κ3) is 7.74. The standard InChI is InChI=1S/C23H34O5/c24-18(13-12-17-8-4-3-5-9-17)14-15-20-19(21(25)16-22(20)26)10-6-1-2-7-11-23(27)28/h1,3-6,8-9,18-22,24-26H,2,7,10-16H2,(H,27,28)/p+1/b6-1-/t18-,19+,20+,21-,22+/m0/s1. The molecule has 1 aromatic rings. The van der Waals surface area contributed by atoms with Crippen LogP contribution in [0.25, 0.3) is 0 Å². The van der Waals surface area contributed by atoms with E-state index in [0.717, 1.165) is 12.8 Å². The molecule has 5 atom stereocenters.